The summed E-state index contributed by atoms with van der Waals surface area (Å²) in [5, 5.41) is 7.26. The molecule has 4 aromatic heterocycles. The van der Waals surface area contributed by atoms with E-state index in [1.807, 2.05) is 84.1 Å². The van der Waals surface area contributed by atoms with Crippen molar-refractivity contribution in [3.05, 3.63) is 182 Å². The zero-order valence-electron chi connectivity index (χ0n) is 30.4. The highest BCUT2D eigenvalue weighted by atomic mass is 32.1. The van der Waals surface area contributed by atoms with Crippen LogP contribution >= 0.6 is 11.3 Å². The Labute approximate surface area is 330 Å². The normalized spacial score (nSPS) is 11.9. The number of nitrogens with zero attached hydrogens (tertiary/aromatic N) is 4. The monoisotopic (exact) mass is 746 g/mol. The second-order valence-electron chi connectivity index (χ2n) is 14.4. The van der Waals surface area contributed by atoms with Crippen molar-refractivity contribution in [1.82, 2.24) is 19.5 Å². The molecule has 0 atom stereocenters. The summed E-state index contributed by atoms with van der Waals surface area (Å²) in [6, 6.07) is 63.8. The molecule has 0 bridgehead atoms. The average Bonchev–Trinajstić information content (AvgIpc) is 3.96. The van der Waals surface area contributed by atoms with Gasteiger partial charge in [-0.1, -0.05) is 127 Å². The van der Waals surface area contributed by atoms with Gasteiger partial charge in [0.15, 0.2) is 17.5 Å². The number of rotatable bonds is 5. The third-order valence-electron chi connectivity index (χ3n) is 11.0. The lowest BCUT2D eigenvalue weighted by molar-refractivity contribution is 0.669. The van der Waals surface area contributed by atoms with Gasteiger partial charge in [-0.3, -0.25) is 0 Å². The van der Waals surface area contributed by atoms with Gasteiger partial charge in [-0.15, -0.1) is 11.3 Å². The number of thiophene rings is 1. The molecule has 0 saturated heterocycles. The first-order valence-electron chi connectivity index (χ1n) is 19.0. The summed E-state index contributed by atoms with van der Waals surface area (Å²) in [5.74, 6) is 1.85. The van der Waals surface area contributed by atoms with Crippen LogP contribution in [0.2, 0.25) is 0 Å². The summed E-state index contributed by atoms with van der Waals surface area (Å²) in [5.41, 5.74) is 9.85. The number of hydrogen-bond donors (Lipinski definition) is 0. The highest BCUT2D eigenvalue weighted by molar-refractivity contribution is 7.26. The number of para-hydroxylation sites is 2. The van der Waals surface area contributed by atoms with E-state index in [9.17, 15) is 0 Å². The summed E-state index contributed by atoms with van der Waals surface area (Å²) in [7, 11) is 0. The Kier molecular flexibility index (Phi) is 7.03. The van der Waals surface area contributed by atoms with Crippen LogP contribution in [0.15, 0.2) is 186 Å². The predicted molar refractivity (Wildman–Crippen MR) is 236 cm³/mol. The molecule has 0 amide bonds. The Balaban J connectivity index is 1.15. The van der Waals surface area contributed by atoms with Crippen molar-refractivity contribution in [2.75, 3.05) is 0 Å². The van der Waals surface area contributed by atoms with Crippen molar-refractivity contribution in [2.24, 2.45) is 0 Å². The van der Waals surface area contributed by atoms with Crippen LogP contribution in [0.3, 0.4) is 0 Å². The summed E-state index contributed by atoms with van der Waals surface area (Å²) in [4.78, 5) is 15.4. The number of hydrogen-bond acceptors (Lipinski definition) is 5. The number of aromatic nitrogens is 4. The fourth-order valence-electron chi connectivity index (χ4n) is 8.39. The predicted octanol–water partition coefficient (Wildman–Crippen LogP) is 13.9. The first-order valence-corrected chi connectivity index (χ1v) is 19.8. The van der Waals surface area contributed by atoms with Crippen LogP contribution in [0.4, 0.5) is 0 Å². The highest BCUT2D eigenvalue weighted by Crippen LogP contribution is 2.44. The van der Waals surface area contributed by atoms with Crippen LogP contribution in [-0.4, -0.2) is 19.5 Å². The van der Waals surface area contributed by atoms with Crippen molar-refractivity contribution in [3.63, 3.8) is 0 Å². The van der Waals surface area contributed by atoms with Crippen LogP contribution in [0.1, 0.15) is 0 Å². The van der Waals surface area contributed by atoms with Crippen LogP contribution < -0.4 is 0 Å². The number of fused-ring (bicyclic) bond motifs is 10. The minimum Gasteiger partial charge on any atom is -0.456 e. The molecule has 0 unspecified atom stereocenters. The summed E-state index contributed by atoms with van der Waals surface area (Å²) in [6.07, 6.45) is 0. The molecular formula is C51H30N4OS. The lowest BCUT2D eigenvalue weighted by atomic mass is 9.99. The summed E-state index contributed by atoms with van der Waals surface area (Å²) >= 11 is 1.87. The van der Waals surface area contributed by atoms with Gasteiger partial charge < -0.3 is 8.98 Å². The fraction of sp³-hybridized carbons (Fsp3) is 0. The van der Waals surface area contributed by atoms with E-state index in [1.165, 1.54) is 30.9 Å². The Hall–Kier alpha value is -7.41. The van der Waals surface area contributed by atoms with E-state index < -0.39 is 0 Å². The van der Waals surface area contributed by atoms with Crippen molar-refractivity contribution in [2.45, 2.75) is 0 Å². The van der Waals surface area contributed by atoms with Crippen molar-refractivity contribution in [1.29, 1.82) is 0 Å². The van der Waals surface area contributed by atoms with Crippen LogP contribution in [0.25, 0.3) is 115 Å². The molecule has 0 spiro atoms. The van der Waals surface area contributed by atoms with Gasteiger partial charge in [0, 0.05) is 64.1 Å². The van der Waals surface area contributed by atoms with Gasteiger partial charge in [0.1, 0.15) is 11.2 Å². The van der Waals surface area contributed by atoms with Crippen LogP contribution in [0, 0.1) is 0 Å². The van der Waals surface area contributed by atoms with Gasteiger partial charge in [0.05, 0.1) is 11.0 Å². The number of furan rings is 1. The molecule has 8 aromatic carbocycles. The summed E-state index contributed by atoms with van der Waals surface area (Å²) < 4.78 is 11.4. The molecule has 12 aromatic rings. The minimum atomic E-state index is 0.600. The van der Waals surface area contributed by atoms with Gasteiger partial charge in [0.2, 0.25) is 0 Å². The standard InChI is InChI=1S/C51H30N4OS/c1-3-13-31(14-4-1)49-52-50(32-15-5-2-6-16-32)54-51(53-49)35-27-34(33-23-24-38-37-17-8-11-21-44(37)56-45(38)30-33)28-36(29-35)55-42-20-10-7-19-41(42)47-43(55)26-25-40-39-18-9-12-22-46(39)57-48(40)47/h1-30H. The highest BCUT2D eigenvalue weighted by Gasteiger charge is 2.20. The zero-order chi connectivity index (χ0) is 37.5. The van der Waals surface area contributed by atoms with E-state index >= 15 is 0 Å². The molecule has 4 heterocycles. The topological polar surface area (TPSA) is 56.7 Å². The van der Waals surface area contributed by atoms with Gasteiger partial charge >= 0.3 is 0 Å². The smallest absolute Gasteiger partial charge is 0.164 e. The van der Waals surface area contributed by atoms with Crippen molar-refractivity contribution in [3.8, 4) is 51.0 Å². The molecule has 0 aliphatic carbocycles. The first-order chi connectivity index (χ1) is 28.2. The SMILES string of the molecule is c1ccc(-c2nc(-c3ccccc3)nc(-c3cc(-c4ccc5c(c4)oc4ccccc45)cc(-n4c5ccccc5c5c6sc7ccccc7c6ccc54)c3)n2)cc1. The minimum absolute atomic E-state index is 0.600. The Morgan fingerprint density at radius 1 is 0.386 bits per heavy atom. The van der Waals surface area contributed by atoms with Crippen molar-refractivity contribution >= 4 is 75.3 Å². The molecule has 0 aliphatic heterocycles. The Morgan fingerprint density at radius 3 is 1.75 bits per heavy atom. The quantitative estimate of drug-likeness (QED) is 0.176. The maximum atomic E-state index is 6.41. The van der Waals surface area contributed by atoms with E-state index in [0.29, 0.717) is 17.5 Å². The Bertz CT molecular complexity index is 3470. The van der Waals surface area contributed by atoms with E-state index in [-0.39, 0.29) is 0 Å². The molecule has 57 heavy (non-hydrogen) atoms. The lowest BCUT2D eigenvalue weighted by Gasteiger charge is -2.14. The largest absolute Gasteiger partial charge is 0.456 e. The van der Waals surface area contributed by atoms with Crippen molar-refractivity contribution < 1.29 is 4.42 Å². The maximum Gasteiger partial charge on any atom is 0.164 e. The van der Waals surface area contributed by atoms with Crippen LogP contribution in [0.5, 0.6) is 0 Å². The molecule has 266 valence electrons. The molecule has 0 saturated carbocycles. The van der Waals surface area contributed by atoms with E-state index in [2.05, 4.69) is 114 Å². The second-order valence-corrected chi connectivity index (χ2v) is 15.5. The molecule has 0 fully saturated rings. The van der Waals surface area contributed by atoms with Gasteiger partial charge in [0.25, 0.3) is 0 Å². The average molecular weight is 747 g/mol. The Morgan fingerprint density at radius 2 is 0.982 bits per heavy atom. The van der Waals surface area contributed by atoms with E-state index in [4.69, 9.17) is 19.4 Å². The number of benzene rings is 8. The molecule has 12 rings (SSSR count). The second kappa shape index (κ2) is 12.6. The summed E-state index contributed by atoms with van der Waals surface area (Å²) in [6.45, 7) is 0. The van der Waals surface area contributed by atoms with Gasteiger partial charge in [-0.2, -0.15) is 0 Å². The maximum absolute atomic E-state index is 6.41. The van der Waals surface area contributed by atoms with E-state index in [1.54, 1.807) is 0 Å². The molecule has 0 radical (unpaired) electrons. The molecule has 0 aliphatic rings. The lowest BCUT2D eigenvalue weighted by Crippen LogP contribution is -2.01. The third kappa shape index (κ3) is 5.12. The van der Waals surface area contributed by atoms with Gasteiger partial charge in [-0.05, 0) is 65.7 Å². The molecule has 5 nitrogen and oxygen atoms in total. The van der Waals surface area contributed by atoms with Crippen LogP contribution in [-0.2, 0) is 0 Å². The first kappa shape index (κ1) is 31.9. The molecular weight excluding hydrogens is 717 g/mol. The van der Waals surface area contributed by atoms with Gasteiger partial charge in [-0.25, -0.2) is 15.0 Å². The third-order valence-corrected chi connectivity index (χ3v) is 12.2. The fourth-order valence-corrected chi connectivity index (χ4v) is 9.65. The van der Waals surface area contributed by atoms with E-state index in [0.717, 1.165) is 66.5 Å². The zero-order valence-corrected chi connectivity index (χ0v) is 31.2. The molecule has 6 heteroatoms. The molecule has 0 N–H and O–H groups in total.